The molecular formula is C12H9FN2S. The minimum Gasteiger partial charge on any atom is -0.389 e. The molecule has 0 saturated carbocycles. The Balaban J connectivity index is 2.28. The molecule has 0 aliphatic carbocycles. The number of rotatable bonds is 2. The van der Waals surface area contributed by atoms with Crippen LogP contribution in [0.4, 0.5) is 9.39 Å². The summed E-state index contributed by atoms with van der Waals surface area (Å²) in [6, 6.07) is 10.3. The van der Waals surface area contributed by atoms with Crippen LogP contribution in [0.1, 0.15) is 16.0 Å². The lowest BCUT2D eigenvalue weighted by atomic mass is 10.1. The van der Waals surface area contributed by atoms with Gasteiger partial charge in [0.25, 0.3) is 0 Å². The zero-order valence-corrected chi connectivity index (χ0v) is 9.22. The van der Waals surface area contributed by atoms with Crippen molar-refractivity contribution >= 4 is 16.3 Å². The van der Waals surface area contributed by atoms with Gasteiger partial charge in [0.05, 0.1) is 5.56 Å². The summed E-state index contributed by atoms with van der Waals surface area (Å²) in [5.41, 5.74) is 6.73. The molecule has 2 nitrogen and oxygen atoms in total. The summed E-state index contributed by atoms with van der Waals surface area (Å²) in [5.74, 6) is -0.229. The molecule has 0 bridgehead atoms. The first-order valence-corrected chi connectivity index (χ1v) is 5.54. The zero-order chi connectivity index (χ0) is 11.5. The molecule has 0 aliphatic heterocycles. The molecule has 0 saturated heterocycles. The second-order valence-electron chi connectivity index (χ2n) is 3.37. The smallest absolute Gasteiger partial charge is 0.126 e. The minimum absolute atomic E-state index is 0.229. The highest BCUT2D eigenvalue weighted by Crippen LogP contribution is 2.26. The van der Waals surface area contributed by atoms with E-state index in [1.807, 2.05) is 6.07 Å². The summed E-state index contributed by atoms with van der Waals surface area (Å²) < 4.78 is 13.4. The fourth-order valence-electron chi connectivity index (χ4n) is 1.46. The van der Waals surface area contributed by atoms with E-state index in [1.165, 1.54) is 17.4 Å². The van der Waals surface area contributed by atoms with E-state index in [1.54, 1.807) is 24.3 Å². The Kier molecular flexibility index (Phi) is 2.88. The first-order valence-electron chi connectivity index (χ1n) is 4.72. The van der Waals surface area contributed by atoms with Gasteiger partial charge in [0, 0.05) is 11.3 Å². The number of halogens is 1. The maximum Gasteiger partial charge on any atom is 0.126 e. The lowest BCUT2D eigenvalue weighted by molar-refractivity contribution is 0.614. The Morgan fingerprint density at radius 3 is 2.75 bits per heavy atom. The number of anilines is 1. The normalized spacial score (nSPS) is 10.0. The molecule has 0 atom stereocenters. The number of nitrogen functional groups attached to an aromatic ring is 1. The number of benzene rings is 1. The predicted molar refractivity (Wildman–Crippen MR) is 62.7 cm³/mol. The first-order chi connectivity index (χ1) is 7.70. The van der Waals surface area contributed by atoms with Crippen molar-refractivity contribution < 1.29 is 4.39 Å². The van der Waals surface area contributed by atoms with Crippen LogP contribution in [-0.2, 0) is 6.42 Å². The van der Waals surface area contributed by atoms with Crippen LogP contribution in [0.2, 0.25) is 0 Å². The topological polar surface area (TPSA) is 49.8 Å². The average molecular weight is 232 g/mol. The molecule has 80 valence electrons. The monoisotopic (exact) mass is 232 g/mol. The molecule has 1 aromatic heterocycles. The van der Waals surface area contributed by atoms with Crippen LogP contribution in [0.25, 0.3) is 0 Å². The number of nitrogens with zero attached hydrogens (tertiary/aromatic N) is 1. The van der Waals surface area contributed by atoms with E-state index in [2.05, 4.69) is 0 Å². The van der Waals surface area contributed by atoms with Gasteiger partial charge >= 0.3 is 0 Å². The van der Waals surface area contributed by atoms with Crippen LogP contribution < -0.4 is 5.73 Å². The molecule has 1 aromatic carbocycles. The van der Waals surface area contributed by atoms with E-state index in [0.717, 1.165) is 4.88 Å². The van der Waals surface area contributed by atoms with E-state index in [-0.39, 0.29) is 5.82 Å². The average Bonchev–Trinajstić information content (AvgIpc) is 2.62. The highest BCUT2D eigenvalue weighted by Gasteiger charge is 2.08. The third-order valence-electron chi connectivity index (χ3n) is 2.25. The summed E-state index contributed by atoms with van der Waals surface area (Å²) in [6.45, 7) is 0. The van der Waals surface area contributed by atoms with Gasteiger partial charge in [0.15, 0.2) is 0 Å². The molecular weight excluding hydrogens is 223 g/mol. The maximum atomic E-state index is 13.4. The molecule has 0 radical (unpaired) electrons. The fraction of sp³-hybridized carbons (Fsp3) is 0.0833. The molecule has 0 spiro atoms. The van der Waals surface area contributed by atoms with Gasteiger partial charge in [-0.2, -0.15) is 5.26 Å². The zero-order valence-electron chi connectivity index (χ0n) is 8.40. The summed E-state index contributed by atoms with van der Waals surface area (Å²) >= 11 is 1.33. The summed E-state index contributed by atoms with van der Waals surface area (Å²) in [7, 11) is 0. The summed E-state index contributed by atoms with van der Waals surface area (Å²) in [4.78, 5) is 0.902. The van der Waals surface area contributed by atoms with Crippen molar-refractivity contribution in [2.75, 3.05) is 5.73 Å². The van der Waals surface area contributed by atoms with Gasteiger partial charge in [-0.05, 0) is 17.7 Å². The Morgan fingerprint density at radius 1 is 1.38 bits per heavy atom. The predicted octanol–water partition coefficient (Wildman–Crippen LogP) is 2.93. The first kappa shape index (κ1) is 10.7. The molecule has 0 fully saturated rings. The quantitative estimate of drug-likeness (QED) is 0.865. The van der Waals surface area contributed by atoms with Crippen molar-refractivity contribution in [2.45, 2.75) is 6.42 Å². The maximum absolute atomic E-state index is 13.4. The Hall–Kier alpha value is -1.86. The molecule has 16 heavy (non-hydrogen) atoms. The molecule has 0 unspecified atom stereocenters. The van der Waals surface area contributed by atoms with Crippen LogP contribution in [0.5, 0.6) is 0 Å². The largest absolute Gasteiger partial charge is 0.389 e. The SMILES string of the molecule is N#Cc1cc(Cc2ccccc2F)sc1N. The minimum atomic E-state index is -0.229. The van der Waals surface area contributed by atoms with Crippen LogP contribution in [0.3, 0.4) is 0 Å². The van der Waals surface area contributed by atoms with Gasteiger partial charge in [-0.1, -0.05) is 18.2 Å². The van der Waals surface area contributed by atoms with E-state index in [9.17, 15) is 4.39 Å². The van der Waals surface area contributed by atoms with Crippen molar-refractivity contribution in [3.63, 3.8) is 0 Å². The summed E-state index contributed by atoms with van der Waals surface area (Å²) in [5, 5.41) is 9.25. The lowest BCUT2D eigenvalue weighted by Crippen LogP contribution is -1.89. The van der Waals surface area contributed by atoms with Crippen LogP contribution in [0.15, 0.2) is 30.3 Å². The summed E-state index contributed by atoms with van der Waals surface area (Å²) in [6.07, 6.45) is 0.475. The second kappa shape index (κ2) is 4.33. The molecule has 1 heterocycles. The molecule has 4 heteroatoms. The Bertz CT molecular complexity index is 554. The fourth-order valence-corrected chi connectivity index (χ4v) is 2.36. The van der Waals surface area contributed by atoms with Gasteiger partial charge in [0.2, 0.25) is 0 Å². The highest BCUT2D eigenvalue weighted by atomic mass is 32.1. The third-order valence-corrected chi connectivity index (χ3v) is 3.22. The molecule has 2 aromatic rings. The van der Waals surface area contributed by atoms with Gasteiger partial charge < -0.3 is 5.73 Å². The standard InChI is InChI=1S/C12H9FN2S/c13-11-4-2-1-3-8(11)5-10-6-9(7-14)12(15)16-10/h1-4,6H,5,15H2. The van der Waals surface area contributed by atoms with Crippen LogP contribution in [0, 0.1) is 17.1 Å². The number of nitrogens with two attached hydrogens (primary N) is 1. The molecule has 0 aliphatic rings. The van der Waals surface area contributed by atoms with Crippen molar-refractivity contribution in [3.8, 4) is 6.07 Å². The molecule has 2 rings (SSSR count). The number of hydrogen-bond acceptors (Lipinski definition) is 3. The molecule has 2 N–H and O–H groups in total. The van der Waals surface area contributed by atoms with E-state index in [0.29, 0.717) is 22.5 Å². The van der Waals surface area contributed by atoms with Crippen molar-refractivity contribution in [3.05, 3.63) is 52.2 Å². The van der Waals surface area contributed by atoms with E-state index in [4.69, 9.17) is 11.0 Å². The Morgan fingerprint density at radius 2 is 2.12 bits per heavy atom. The van der Waals surface area contributed by atoms with Crippen LogP contribution >= 0.6 is 11.3 Å². The van der Waals surface area contributed by atoms with Crippen LogP contribution in [-0.4, -0.2) is 0 Å². The number of hydrogen-bond donors (Lipinski definition) is 1. The third kappa shape index (κ3) is 2.05. The van der Waals surface area contributed by atoms with Gasteiger partial charge in [-0.3, -0.25) is 0 Å². The molecule has 0 amide bonds. The lowest BCUT2D eigenvalue weighted by Gasteiger charge is -1.99. The van der Waals surface area contributed by atoms with E-state index >= 15 is 0 Å². The van der Waals surface area contributed by atoms with Gasteiger partial charge in [0.1, 0.15) is 16.9 Å². The van der Waals surface area contributed by atoms with Crippen molar-refractivity contribution in [2.24, 2.45) is 0 Å². The number of nitriles is 1. The second-order valence-corrected chi connectivity index (χ2v) is 4.54. The van der Waals surface area contributed by atoms with Gasteiger partial charge in [-0.25, -0.2) is 4.39 Å². The van der Waals surface area contributed by atoms with Crippen molar-refractivity contribution in [1.29, 1.82) is 5.26 Å². The van der Waals surface area contributed by atoms with Crippen molar-refractivity contribution in [1.82, 2.24) is 0 Å². The Labute approximate surface area is 96.8 Å². The van der Waals surface area contributed by atoms with Gasteiger partial charge in [-0.15, -0.1) is 11.3 Å². The number of thiophene rings is 1. The highest BCUT2D eigenvalue weighted by molar-refractivity contribution is 7.16. The van der Waals surface area contributed by atoms with E-state index < -0.39 is 0 Å².